The zero-order chi connectivity index (χ0) is 14.7. The van der Waals surface area contributed by atoms with Gasteiger partial charge in [-0.15, -0.1) is 5.75 Å². The molecule has 1 aliphatic rings. The highest BCUT2D eigenvalue weighted by Crippen LogP contribution is 2.19. The third kappa shape index (κ3) is 2.75. The summed E-state index contributed by atoms with van der Waals surface area (Å²) in [6.45, 7) is 1.62. The lowest BCUT2D eigenvalue weighted by Crippen LogP contribution is -2.42. The molecule has 0 aromatic heterocycles. The van der Waals surface area contributed by atoms with Crippen molar-refractivity contribution < 1.29 is 14.7 Å². The Bertz CT molecular complexity index is 588. The van der Waals surface area contributed by atoms with Crippen LogP contribution in [-0.4, -0.2) is 35.5 Å². The summed E-state index contributed by atoms with van der Waals surface area (Å²) in [4.78, 5) is 28.2. The molecule has 0 fully saturated rings. The molecule has 2 N–H and O–H groups in total. The molecule has 6 nitrogen and oxygen atoms in total. The van der Waals surface area contributed by atoms with Crippen molar-refractivity contribution in [1.29, 1.82) is 0 Å². The van der Waals surface area contributed by atoms with Gasteiger partial charge in [-0.25, -0.2) is 4.99 Å². The highest BCUT2D eigenvalue weighted by atomic mass is 16.3. The number of aldehydes is 1. The Hall–Kier alpha value is -2.47. The molecule has 1 aliphatic heterocycles. The molecule has 0 radical (unpaired) electrons. The van der Waals surface area contributed by atoms with Gasteiger partial charge in [0, 0.05) is 0 Å². The minimum Gasteiger partial charge on any atom is -0.872 e. The largest absolute Gasteiger partial charge is 0.872 e. The van der Waals surface area contributed by atoms with Crippen LogP contribution in [0.1, 0.15) is 12.5 Å². The van der Waals surface area contributed by atoms with Crippen LogP contribution in [0.25, 0.3) is 6.08 Å². The van der Waals surface area contributed by atoms with Gasteiger partial charge in [0.25, 0.3) is 5.91 Å². The molecule has 0 bridgehead atoms. The first-order valence-electron chi connectivity index (χ1n) is 6.11. The van der Waals surface area contributed by atoms with Crippen LogP contribution in [0.5, 0.6) is 5.75 Å². The van der Waals surface area contributed by atoms with Gasteiger partial charge in [-0.3, -0.25) is 9.69 Å². The summed E-state index contributed by atoms with van der Waals surface area (Å²) in [5.74, 6) is -0.100. The number of rotatable bonds is 4. The van der Waals surface area contributed by atoms with Crippen molar-refractivity contribution in [3.8, 4) is 5.75 Å². The summed E-state index contributed by atoms with van der Waals surface area (Å²) in [5, 5.41) is 11.0. The van der Waals surface area contributed by atoms with Gasteiger partial charge in [-0.1, -0.05) is 24.3 Å². The summed E-state index contributed by atoms with van der Waals surface area (Å²) < 4.78 is 0. The first-order chi connectivity index (χ1) is 9.52. The van der Waals surface area contributed by atoms with E-state index >= 15 is 0 Å². The quantitative estimate of drug-likeness (QED) is 0.610. The molecule has 20 heavy (non-hydrogen) atoms. The minimum atomic E-state index is -0.450. The number of hydrogen-bond donors (Lipinski definition) is 1. The normalized spacial score (nSPS) is 18.3. The molecule has 0 saturated heterocycles. The maximum Gasteiger partial charge on any atom is 0.278 e. The van der Waals surface area contributed by atoms with Crippen LogP contribution in [0.15, 0.2) is 35.0 Å². The molecule has 0 saturated carbocycles. The minimum absolute atomic E-state index is 0.0734. The van der Waals surface area contributed by atoms with E-state index in [2.05, 4.69) is 4.99 Å². The number of amidine groups is 1. The summed E-state index contributed by atoms with van der Waals surface area (Å²) in [7, 11) is 0. The Kier molecular flexibility index (Phi) is 3.95. The van der Waals surface area contributed by atoms with E-state index in [0.29, 0.717) is 17.7 Å². The van der Waals surface area contributed by atoms with Gasteiger partial charge in [-0.05, 0) is 18.6 Å². The third-order valence-electron chi connectivity index (χ3n) is 2.82. The van der Waals surface area contributed by atoms with Gasteiger partial charge in [0.05, 0.1) is 12.6 Å². The fraction of sp³-hybridized carbons (Fsp3) is 0.214. The van der Waals surface area contributed by atoms with Crippen molar-refractivity contribution in [2.45, 2.75) is 13.0 Å². The fourth-order valence-electron chi connectivity index (χ4n) is 1.89. The fourth-order valence-corrected chi connectivity index (χ4v) is 1.89. The molecule has 1 heterocycles. The van der Waals surface area contributed by atoms with Crippen LogP contribution < -0.4 is 10.8 Å². The molecular weight excluding hydrogens is 258 g/mol. The Labute approximate surface area is 116 Å². The van der Waals surface area contributed by atoms with Crippen molar-refractivity contribution in [3.05, 3.63) is 35.5 Å². The first kappa shape index (κ1) is 14.0. The van der Waals surface area contributed by atoms with Gasteiger partial charge in [0.2, 0.25) is 0 Å². The molecule has 104 valence electrons. The van der Waals surface area contributed by atoms with Gasteiger partial charge in [0.15, 0.2) is 0 Å². The van der Waals surface area contributed by atoms with Crippen molar-refractivity contribution in [1.82, 2.24) is 4.90 Å². The Balaban J connectivity index is 2.34. The molecule has 2 rings (SSSR count). The van der Waals surface area contributed by atoms with E-state index in [1.54, 1.807) is 25.1 Å². The van der Waals surface area contributed by atoms with Gasteiger partial charge >= 0.3 is 0 Å². The summed E-state index contributed by atoms with van der Waals surface area (Å²) in [5.41, 5.74) is 6.64. The van der Waals surface area contributed by atoms with E-state index in [1.807, 2.05) is 0 Å². The zero-order valence-corrected chi connectivity index (χ0v) is 10.9. The van der Waals surface area contributed by atoms with E-state index in [0.717, 1.165) is 0 Å². The van der Waals surface area contributed by atoms with E-state index in [4.69, 9.17) is 5.73 Å². The lowest BCUT2D eigenvalue weighted by molar-refractivity contribution is -0.268. The van der Waals surface area contributed by atoms with Crippen molar-refractivity contribution in [3.63, 3.8) is 0 Å². The Morgan fingerprint density at radius 1 is 1.40 bits per heavy atom. The lowest BCUT2D eigenvalue weighted by Gasteiger charge is -2.17. The summed E-state index contributed by atoms with van der Waals surface area (Å²) >= 11 is 0. The lowest BCUT2D eigenvalue weighted by atomic mass is 10.2. The second-order valence-electron chi connectivity index (χ2n) is 4.44. The summed E-state index contributed by atoms with van der Waals surface area (Å²) in [6, 6.07) is 5.57. The molecule has 1 aromatic carbocycles. The van der Waals surface area contributed by atoms with Gasteiger partial charge < -0.3 is 15.6 Å². The number of aliphatic imine (C=N–C) groups is 1. The smallest absolute Gasteiger partial charge is 0.278 e. The predicted molar refractivity (Wildman–Crippen MR) is 72.7 cm³/mol. The summed E-state index contributed by atoms with van der Waals surface area (Å²) in [6.07, 6.45) is 2.19. The number of nitrogens with zero attached hydrogens (tertiary/aromatic N) is 2. The topological polar surface area (TPSA) is 98.8 Å². The molecule has 0 spiro atoms. The van der Waals surface area contributed by atoms with E-state index in [1.165, 1.54) is 17.0 Å². The second kappa shape index (κ2) is 5.66. The predicted octanol–water partition coefficient (Wildman–Crippen LogP) is -0.112. The van der Waals surface area contributed by atoms with E-state index in [-0.39, 0.29) is 23.9 Å². The van der Waals surface area contributed by atoms with E-state index in [9.17, 15) is 14.7 Å². The molecule has 1 atom stereocenters. The van der Waals surface area contributed by atoms with Crippen LogP contribution in [-0.2, 0) is 9.59 Å². The zero-order valence-electron chi connectivity index (χ0n) is 10.9. The van der Waals surface area contributed by atoms with E-state index < -0.39 is 6.04 Å². The first-order valence-corrected chi connectivity index (χ1v) is 6.11. The Morgan fingerprint density at radius 2 is 2.05 bits per heavy atom. The number of hydrogen-bond acceptors (Lipinski definition) is 5. The Morgan fingerprint density at radius 3 is 2.60 bits per heavy atom. The van der Waals surface area contributed by atoms with Crippen LogP contribution in [0, 0.1) is 0 Å². The maximum atomic E-state index is 12.1. The third-order valence-corrected chi connectivity index (χ3v) is 2.82. The van der Waals surface area contributed by atoms with Crippen molar-refractivity contribution in [2.75, 3.05) is 6.54 Å². The number of benzene rings is 1. The number of carbonyl (C=O) groups excluding carboxylic acids is 2. The highest BCUT2D eigenvalue weighted by molar-refractivity contribution is 6.16. The van der Waals surface area contributed by atoms with Crippen molar-refractivity contribution >= 4 is 24.1 Å². The number of amides is 1. The molecule has 6 heteroatoms. The average molecular weight is 272 g/mol. The van der Waals surface area contributed by atoms with Crippen LogP contribution >= 0.6 is 0 Å². The SMILES string of the molecule is C[C@H](N)C1=N/C(=C\c2ccc([O-])cc2)C(=O)N1CC=O. The monoisotopic (exact) mass is 272 g/mol. The number of nitrogens with two attached hydrogens (primary N) is 1. The molecule has 0 aliphatic carbocycles. The van der Waals surface area contributed by atoms with Gasteiger partial charge in [-0.2, -0.15) is 0 Å². The molecule has 1 aromatic rings. The maximum absolute atomic E-state index is 12.1. The molecule has 0 unspecified atom stereocenters. The van der Waals surface area contributed by atoms with Crippen LogP contribution in [0.4, 0.5) is 0 Å². The molecule has 1 amide bonds. The average Bonchev–Trinajstić information content (AvgIpc) is 2.71. The highest BCUT2D eigenvalue weighted by Gasteiger charge is 2.31. The van der Waals surface area contributed by atoms with Crippen molar-refractivity contribution in [2.24, 2.45) is 10.7 Å². The molecular formula is C14H14N3O3-. The second-order valence-corrected chi connectivity index (χ2v) is 4.44. The number of carbonyl (C=O) groups is 2. The van der Waals surface area contributed by atoms with Gasteiger partial charge in [0.1, 0.15) is 17.8 Å². The van der Waals surface area contributed by atoms with Crippen LogP contribution in [0.2, 0.25) is 0 Å². The standard InChI is InChI=1S/C14H15N3O3/c1-9(15)13-16-12(14(20)17(13)6-7-18)8-10-2-4-11(19)5-3-10/h2-5,7-9,19H,6,15H2,1H3/p-1/b12-8-/t9-/m0/s1. The van der Waals surface area contributed by atoms with Crippen LogP contribution in [0.3, 0.4) is 0 Å².